The average molecular weight is 496 g/mol. The second-order valence-electron chi connectivity index (χ2n) is 7.86. The molecular weight excluding hydrogens is 478 g/mol. The minimum Gasteiger partial charge on any atom is -0.361 e. The van der Waals surface area contributed by atoms with Crippen molar-refractivity contribution in [2.45, 2.75) is 32.5 Å². The monoisotopic (exact) mass is 495 g/mol. The van der Waals surface area contributed by atoms with Crippen LogP contribution in [0.4, 0.5) is 23.2 Å². The summed E-state index contributed by atoms with van der Waals surface area (Å²) in [5, 5.41) is 6.57. The zero-order valence-corrected chi connectivity index (χ0v) is 18.6. The number of fused-ring (bicyclic) bond motifs is 1. The van der Waals surface area contributed by atoms with Crippen molar-refractivity contribution >= 4 is 29.1 Å². The zero-order chi connectivity index (χ0) is 24.6. The van der Waals surface area contributed by atoms with E-state index in [1.807, 2.05) is 0 Å². The van der Waals surface area contributed by atoms with Gasteiger partial charge in [-0.25, -0.2) is 4.39 Å². The maximum atomic E-state index is 14.3. The van der Waals surface area contributed by atoms with Crippen LogP contribution in [0.5, 0.6) is 0 Å². The normalized spacial score (nSPS) is 13.5. The van der Waals surface area contributed by atoms with Crippen LogP contribution >= 0.6 is 11.6 Å². The Hall–Kier alpha value is -3.40. The Bertz CT molecular complexity index is 1270. The molecular formula is C23H18ClF4N3O3. The number of benzene rings is 2. The highest BCUT2D eigenvalue weighted by molar-refractivity contribution is 6.34. The van der Waals surface area contributed by atoms with Gasteiger partial charge in [-0.05, 0) is 42.2 Å². The van der Waals surface area contributed by atoms with Crippen molar-refractivity contribution in [3.8, 4) is 0 Å². The summed E-state index contributed by atoms with van der Waals surface area (Å²) in [5.41, 5.74) is 0.107. The van der Waals surface area contributed by atoms with Crippen LogP contribution < -0.4 is 5.32 Å². The lowest BCUT2D eigenvalue weighted by atomic mass is 9.97. The van der Waals surface area contributed by atoms with Crippen molar-refractivity contribution in [3.63, 3.8) is 0 Å². The van der Waals surface area contributed by atoms with Crippen LogP contribution in [0, 0.1) is 12.7 Å². The number of alkyl halides is 3. The smallest absolute Gasteiger partial charge is 0.361 e. The van der Waals surface area contributed by atoms with Crippen molar-refractivity contribution in [2.75, 3.05) is 11.9 Å². The summed E-state index contributed by atoms with van der Waals surface area (Å²) in [6.45, 7) is 2.24. The van der Waals surface area contributed by atoms with Gasteiger partial charge < -0.3 is 14.7 Å². The molecule has 4 rings (SSSR count). The molecule has 2 aromatic carbocycles. The molecule has 0 saturated heterocycles. The Morgan fingerprint density at radius 2 is 2.00 bits per heavy atom. The van der Waals surface area contributed by atoms with Crippen LogP contribution in [0.2, 0.25) is 5.02 Å². The molecule has 0 fully saturated rings. The number of carbonyl (C=O) groups is 2. The summed E-state index contributed by atoms with van der Waals surface area (Å²) in [6, 6.07) is 7.62. The van der Waals surface area contributed by atoms with E-state index in [0.717, 1.165) is 17.7 Å². The van der Waals surface area contributed by atoms with Crippen LogP contribution in [-0.4, -0.2) is 28.4 Å². The summed E-state index contributed by atoms with van der Waals surface area (Å²) in [7, 11) is 0. The number of rotatable bonds is 4. The Kier molecular flexibility index (Phi) is 6.35. The number of carbonyl (C=O) groups excluding carboxylic acids is 2. The van der Waals surface area contributed by atoms with Crippen LogP contribution in [0.15, 0.2) is 40.9 Å². The maximum absolute atomic E-state index is 14.3. The predicted octanol–water partition coefficient (Wildman–Crippen LogP) is 5.17. The highest BCUT2D eigenvalue weighted by Gasteiger charge is 2.35. The molecule has 3 aromatic rings. The molecule has 0 atom stereocenters. The lowest BCUT2D eigenvalue weighted by molar-refractivity contribution is -0.140. The second-order valence-corrected chi connectivity index (χ2v) is 8.27. The largest absolute Gasteiger partial charge is 0.419 e. The van der Waals surface area contributed by atoms with Crippen molar-refractivity contribution in [1.29, 1.82) is 0 Å². The Morgan fingerprint density at radius 1 is 1.24 bits per heavy atom. The summed E-state index contributed by atoms with van der Waals surface area (Å²) in [6.07, 6.45) is -5.11. The van der Waals surface area contributed by atoms with E-state index < -0.39 is 29.9 Å². The first kappa shape index (κ1) is 23.7. The number of aromatic nitrogens is 1. The van der Waals surface area contributed by atoms with Crippen molar-refractivity contribution in [3.05, 3.63) is 80.9 Å². The number of nitrogens with zero attached hydrogens (tertiary/aromatic N) is 2. The third kappa shape index (κ3) is 4.77. The summed E-state index contributed by atoms with van der Waals surface area (Å²) in [4.78, 5) is 26.9. The molecule has 34 heavy (non-hydrogen) atoms. The van der Waals surface area contributed by atoms with E-state index in [9.17, 15) is 27.2 Å². The zero-order valence-electron chi connectivity index (χ0n) is 17.8. The number of anilines is 1. The van der Waals surface area contributed by atoms with Gasteiger partial charge in [-0.15, -0.1) is 0 Å². The minimum atomic E-state index is -4.87. The molecule has 1 N–H and O–H groups in total. The lowest BCUT2D eigenvalue weighted by Gasteiger charge is -2.30. The van der Waals surface area contributed by atoms with Gasteiger partial charge in [0.05, 0.1) is 22.7 Å². The molecule has 11 heteroatoms. The maximum Gasteiger partial charge on any atom is 0.419 e. The summed E-state index contributed by atoms with van der Waals surface area (Å²) in [5.74, 6) is -1.99. The number of nitrogens with one attached hydrogen (secondary N) is 1. The molecule has 2 heterocycles. The first-order valence-corrected chi connectivity index (χ1v) is 10.6. The molecule has 1 aromatic heterocycles. The summed E-state index contributed by atoms with van der Waals surface area (Å²) < 4.78 is 58.1. The third-order valence-electron chi connectivity index (χ3n) is 5.49. The fraction of sp³-hybridized carbons (Fsp3) is 0.261. The van der Waals surface area contributed by atoms with E-state index in [4.69, 9.17) is 16.1 Å². The molecule has 0 radical (unpaired) electrons. The molecule has 1 aliphatic rings. The average Bonchev–Trinajstić information content (AvgIpc) is 3.21. The molecule has 0 saturated carbocycles. The van der Waals surface area contributed by atoms with Crippen LogP contribution in [0.1, 0.15) is 38.5 Å². The first-order chi connectivity index (χ1) is 16.0. The van der Waals surface area contributed by atoms with Crippen molar-refractivity contribution in [1.82, 2.24) is 10.1 Å². The molecule has 0 aliphatic carbocycles. The number of amides is 2. The van der Waals surface area contributed by atoms with Crippen LogP contribution in [-0.2, 0) is 30.4 Å². The predicted molar refractivity (Wildman–Crippen MR) is 115 cm³/mol. The molecule has 178 valence electrons. The van der Waals surface area contributed by atoms with E-state index in [-0.39, 0.29) is 28.7 Å². The van der Waals surface area contributed by atoms with E-state index >= 15 is 0 Å². The number of hydrogen-bond acceptors (Lipinski definition) is 4. The molecule has 6 nitrogen and oxygen atoms in total. The minimum absolute atomic E-state index is 0.187. The van der Waals surface area contributed by atoms with Gasteiger partial charge in [-0.1, -0.05) is 35.0 Å². The molecule has 1 aliphatic heterocycles. The fourth-order valence-corrected chi connectivity index (χ4v) is 4.08. The molecule has 0 unspecified atom stereocenters. The van der Waals surface area contributed by atoms with E-state index in [1.165, 1.54) is 6.07 Å². The van der Waals surface area contributed by atoms with E-state index in [0.29, 0.717) is 36.0 Å². The molecule has 0 bridgehead atoms. The fourth-order valence-electron chi connectivity index (χ4n) is 3.86. The topological polar surface area (TPSA) is 75.4 Å². The highest BCUT2D eigenvalue weighted by Crippen LogP contribution is 2.34. The van der Waals surface area contributed by atoms with Crippen LogP contribution in [0.3, 0.4) is 0 Å². The van der Waals surface area contributed by atoms with Crippen molar-refractivity contribution < 1.29 is 31.7 Å². The standard InChI is InChI=1S/C23H18ClF4N3O3/c1-12-9-18(30-34-12)22(33)31-8-7-15-14(11-31)5-6-17(24)21(15)29-19(32)10-13-3-2-4-16(20(13)25)23(26,27)28/h2-6,9H,7-8,10-11H2,1H3,(H,29,32). The van der Waals surface area contributed by atoms with Gasteiger partial charge >= 0.3 is 6.18 Å². The number of halogens is 5. The van der Waals surface area contributed by atoms with E-state index in [1.54, 1.807) is 24.0 Å². The molecule has 0 spiro atoms. The Labute approximate surface area is 196 Å². The van der Waals surface area contributed by atoms with Crippen LogP contribution in [0.25, 0.3) is 0 Å². The highest BCUT2D eigenvalue weighted by atomic mass is 35.5. The quantitative estimate of drug-likeness (QED) is 0.506. The van der Waals surface area contributed by atoms with Gasteiger partial charge in [0.1, 0.15) is 11.6 Å². The third-order valence-corrected chi connectivity index (χ3v) is 5.80. The summed E-state index contributed by atoms with van der Waals surface area (Å²) >= 11 is 6.28. The number of aryl methyl sites for hydroxylation is 1. The second kappa shape index (κ2) is 9.09. The van der Waals surface area contributed by atoms with Gasteiger partial charge in [0, 0.05) is 19.2 Å². The SMILES string of the molecule is Cc1cc(C(=O)N2CCc3c(ccc(Cl)c3NC(=O)Cc3cccc(C(F)(F)F)c3F)C2)no1. The van der Waals surface area contributed by atoms with E-state index in [2.05, 4.69) is 10.5 Å². The molecule has 2 amide bonds. The lowest BCUT2D eigenvalue weighted by Crippen LogP contribution is -2.36. The number of hydrogen-bond donors (Lipinski definition) is 1. The first-order valence-electron chi connectivity index (χ1n) is 10.2. The van der Waals surface area contributed by atoms with Gasteiger partial charge in [-0.2, -0.15) is 13.2 Å². The Morgan fingerprint density at radius 3 is 2.68 bits per heavy atom. The van der Waals surface area contributed by atoms with Gasteiger partial charge in [0.15, 0.2) is 5.69 Å². The Balaban J connectivity index is 1.52. The van der Waals surface area contributed by atoms with Crippen molar-refractivity contribution in [2.24, 2.45) is 0 Å². The van der Waals surface area contributed by atoms with Gasteiger partial charge in [-0.3, -0.25) is 9.59 Å². The van der Waals surface area contributed by atoms with Gasteiger partial charge in [0.2, 0.25) is 5.91 Å². The van der Waals surface area contributed by atoms with Gasteiger partial charge in [0.25, 0.3) is 5.91 Å².